The van der Waals surface area contributed by atoms with Gasteiger partial charge in [-0.1, -0.05) is 55.4 Å². The average molecular weight is 551 g/mol. The summed E-state index contributed by atoms with van der Waals surface area (Å²) >= 11 is 0. The van der Waals surface area contributed by atoms with Crippen LogP contribution in [0.1, 0.15) is 36.5 Å². The topological polar surface area (TPSA) is 118 Å². The number of nitro benzene ring substituents is 1. The predicted octanol–water partition coefficient (Wildman–Crippen LogP) is 5.90. The Labute approximate surface area is 236 Å². The number of carbonyl (C=O) groups excluding carboxylic acids is 1. The van der Waals surface area contributed by atoms with Gasteiger partial charge < -0.3 is 14.3 Å². The number of hydrogen-bond acceptors (Lipinski definition) is 8. The molecule has 208 valence electrons. The fourth-order valence-electron chi connectivity index (χ4n) is 5.34. The number of nitro groups is 1. The van der Waals surface area contributed by atoms with E-state index in [4.69, 9.17) is 14.5 Å². The van der Waals surface area contributed by atoms with Gasteiger partial charge in [-0.3, -0.25) is 14.9 Å². The van der Waals surface area contributed by atoms with Crippen molar-refractivity contribution in [2.24, 2.45) is 5.92 Å². The highest BCUT2D eigenvalue weighted by molar-refractivity contribution is 6.00. The fraction of sp³-hybridized carbons (Fsp3) is 0.290. The maximum Gasteiger partial charge on any atom is 0.269 e. The third kappa shape index (κ3) is 5.32. The summed E-state index contributed by atoms with van der Waals surface area (Å²) in [5, 5.41) is 18.5. The van der Waals surface area contributed by atoms with E-state index in [0.29, 0.717) is 61.3 Å². The Morgan fingerprint density at radius 2 is 1.76 bits per heavy atom. The quantitative estimate of drug-likeness (QED) is 0.189. The van der Waals surface area contributed by atoms with E-state index < -0.39 is 4.92 Å². The molecule has 3 aromatic carbocycles. The normalized spacial score (nSPS) is 14.1. The molecule has 0 atom stereocenters. The van der Waals surface area contributed by atoms with Crippen LogP contribution in [0.15, 0.2) is 71.3 Å². The van der Waals surface area contributed by atoms with E-state index in [-0.39, 0.29) is 11.6 Å². The largest absolute Gasteiger partial charge is 0.354 e. The van der Waals surface area contributed by atoms with Crippen LogP contribution in [-0.4, -0.2) is 57.0 Å². The summed E-state index contributed by atoms with van der Waals surface area (Å²) in [5.41, 5.74) is 2.47. The molecule has 5 aromatic rings. The summed E-state index contributed by atoms with van der Waals surface area (Å²) in [4.78, 5) is 37.5. The summed E-state index contributed by atoms with van der Waals surface area (Å²) in [6, 6.07) is 20.2. The Bertz CT molecular complexity index is 1750. The molecule has 41 heavy (non-hydrogen) atoms. The van der Waals surface area contributed by atoms with Gasteiger partial charge in [-0.25, -0.2) is 4.98 Å². The van der Waals surface area contributed by atoms with Crippen molar-refractivity contribution in [3.8, 4) is 11.3 Å². The number of fused-ring (bicyclic) bond motifs is 2. The molecule has 1 aliphatic heterocycles. The van der Waals surface area contributed by atoms with Gasteiger partial charge in [0.25, 0.3) is 17.3 Å². The molecule has 6 rings (SSSR count). The first-order valence-electron chi connectivity index (χ1n) is 13.8. The van der Waals surface area contributed by atoms with Gasteiger partial charge in [-0.15, -0.1) is 0 Å². The lowest BCUT2D eigenvalue weighted by atomic mass is 10.0. The maximum atomic E-state index is 13.3. The molecule has 0 radical (unpaired) electrons. The van der Waals surface area contributed by atoms with Gasteiger partial charge in [0, 0.05) is 55.9 Å². The lowest BCUT2D eigenvalue weighted by Gasteiger charge is -2.24. The number of rotatable bonds is 6. The van der Waals surface area contributed by atoms with Crippen molar-refractivity contribution in [3.63, 3.8) is 0 Å². The standard InChI is InChI=1S/C31H30N6O4/c1-20(2)18-26-32-29(27-28(34-41-30(27)33-26)24-9-8-21-6-3-4-7-23(21)19-24)35-14-5-15-36(17-16-35)31(38)22-10-12-25(13-11-22)37(39)40/h3-4,6-13,19-20H,5,14-18H2,1-2H3. The Hall–Kier alpha value is -4.86. The highest BCUT2D eigenvalue weighted by Crippen LogP contribution is 2.35. The number of nitrogens with zero attached hydrogens (tertiary/aromatic N) is 6. The maximum absolute atomic E-state index is 13.3. The average Bonchev–Trinajstić information content (AvgIpc) is 3.24. The van der Waals surface area contributed by atoms with Crippen LogP contribution in [0, 0.1) is 16.0 Å². The van der Waals surface area contributed by atoms with Crippen LogP contribution < -0.4 is 4.90 Å². The van der Waals surface area contributed by atoms with Gasteiger partial charge in [-0.05, 0) is 41.3 Å². The van der Waals surface area contributed by atoms with Gasteiger partial charge in [0.2, 0.25) is 0 Å². The zero-order chi connectivity index (χ0) is 28.5. The highest BCUT2D eigenvalue weighted by Gasteiger charge is 2.26. The Balaban J connectivity index is 1.34. The summed E-state index contributed by atoms with van der Waals surface area (Å²) < 4.78 is 5.80. The number of non-ortho nitro benzene ring substituents is 1. The molecule has 10 heteroatoms. The summed E-state index contributed by atoms with van der Waals surface area (Å²) in [6.45, 7) is 6.56. The number of anilines is 1. The van der Waals surface area contributed by atoms with Crippen molar-refractivity contribution in [1.29, 1.82) is 0 Å². The molecule has 3 heterocycles. The smallest absolute Gasteiger partial charge is 0.269 e. The van der Waals surface area contributed by atoms with E-state index in [1.165, 1.54) is 24.3 Å². The molecule has 1 aliphatic rings. The number of aromatic nitrogens is 3. The lowest BCUT2D eigenvalue weighted by molar-refractivity contribution is -0.384. The van der Waals surface area contributed by atoms with Crippen LogP contribution in [0.5, 0.6) is 0 Å². The van der Waals surface area contributed by atoms with Crippen LogP contribution in [0.4, 0.5) is 11.5 Å². The highest BCUT2D eigenvalue weighted by atomic mass is 16.6. The van der Waals surface area contributed by atoms with Crippen LogP contribution >= 0.6 is 0 Å². The van der Waals surface area contributed by atoms with E-state index in [1.54, 1.807) is 4.90 Å². The minimum Gasteiger partial charge on any atom is -0.354 e. The molecule has 0 unspecified atom stereocenters. The Morgan fingerprint density at radius 3 is 2.51 bits per heavy atom. The monoisotopic (exact) mass is 550 g/mol. The fourth-order valence-corrected chi connectivity index (χ4v) is 5.34. The van der Waals surface area contributed by atoms with Crippen LogP contribution in [0.25, 0.3) is 33.1 Å². The molecule has 1 fully saturated rings. The van der Waals surface area contributed by atoms with Crippen molar-refractivity contribution in [2.75, 3.05) is 31.1 Å². The zero-order valence-corrected chi connectivity index (χ0v) is 23.0. The molecule has 10 nitrogen and oxygen atoms in total. The molecule has 1 saturated heterocycles. The summed E-state index contributed by atoms with van der Waals surface area (Å²) in [7, 11) is 0. The molecule has 0 bridgehead atoms. The summed E-state index contributed by atoms with van der Waals surface area (Å²) in [5.74, 6) is 1.69. The first kappa shape index (κ1) is 26.4. The van der Waals surface area contributed by atoms with Crippen molar-refractivity contribution >= 4 is 39.3 Å². The van der Waals surface area contributed by atoms with Crippen molar-refractivity contribution in [3.05, 3.63) is 88.2 Å². The second-order valence-corrected chi connectivity index (χ2v) is 10.8. The molecular weight excluding hydrogens is 520 g/mol. The van der Waals surface area contributed by atoms with Gasteiger partial charge in [0.05, 0.1) is 4.92 Å². The number of benzene rings is 3. The second kappa shape index (κ2) is 11.0. The van der Waals surface area contributed by atoms with Crippen LogP contribution in [-0.2, 0) is 6.42 Å². The van der Waals surface area contributed by atoms with Gasteiger partial charge in [0.1, 0.15) is 22.7 Å². The van der Waals surface area contributed by atoms with Gasteiger partial charge in [-0.2, -0.15) is 4.98 Å². The molecule has 1 amide bonds. The van der Waals surface area contributed by atoms with E-state index in [9.17, 15) is 14.9 Å². The zero-order valence-electron chi connectivity index (χ0n) is 23.0. The number of hydrogen-bond donors (Lipinski definition) is 0. The third-order valence-electron chi connectivity index (χ3n) is 7.38. The van der Waals surface area contributed by atoms with Gasteiger partial charge >= 0.3 is 0 Å². The second-order valence-electron chi connectivity index (χ2n) is 10.8. The Morgan fingerprint density at radius 1 is 0.976 bits per heavy atom. The Kier molecular flexibility index (Phi) is 7.05. The lowest BCUT2D eigenvalue weighted by Crippen LogP contribution is -2.35. The van der Waals surface area contributed by atoms with E-state index in [0.717, 1.165) is 34.0 Å². The molecule has 0 aliphatic carbocycles. The SMILES string of the molecule is CC(C)Cc1nc(N2CCCN(C(=O)c3ccc([N+](=O)[O-])cc3)CC2)c2c(-c3ccc4ccccc4c3)noc2n1. The van der Waals surface area contributed by atoms with Gasteiger partial charge in [0.15, 0.2) is 0 Å². The first-order valence-corrected chi connectivity index (χ1v) is 13.8. The molecule has 0 spiro atoms. The predicted molar refractivity (Wildman–Crippen MR) is 157 cm³/mol. The molecule has 0 N–H and O–H groups in total. The molecule has 0 saturated carbocycles. The number of carbonyl (C=O) groups is 1. The third-order valence-corrected chi connectivity index (χ3v) is 7.38. The molecular formula is C31H30N6O4. The minimum absolute atomic E-state index is 0.0375. The van der Waals surface area contributed by atoms with Crippen LogP contribution in [0.3, 0.4) is 0 Å². The van der Waals surface area contributed by atoms with Crippen LogP contribution in [0.2, 0.25) is 0 Å². The first-order chi connectivity index (χ1) is 19.9. The van der Waals surface area contributed by atoms with E-state index in [2.05, 4.69) is 48.2 Å². The van der Waals surface area contributed by atoms with E-state index in [1.807, 2.05) is 18.2 Å². The summed E-state index contributed by atoms with van der Waals surface area (Å²) in [6.07, 6.45) is 1.44. The van der Waals surface area contributed by atoms with Crippen molar-refractivity contribution in [1.82, 2.24) is 20.0 Å². The van der Waals surface area contributed by atoms with Crippen molar-refractivity contribution < 1.29 is 14.2 Å². The minimum atomic E-state index is -0.467. The molecule has 2 aromatic heterocycles. The number of amides is 1. The van der Waals surface area contributed by atoms with Crippen molar-refractivity contribution in [2.45, 2.75) is 26.7 Å². The van der Waals surface area contributed by atoms with E-state index >= 15 is 0 Å².